The summed E-state index contributed by atoms with van der Waals surface area (Å²) in [5.74, 6) is -0.777. The molecule has 0 spiro atoms. The van der Waals surface area contributed by atoms with Crippen molar-refractivity contribution in [2.24, 2.45) is 0 Å². The highest BCUT2D eigenvalue weighted by molar-refractivity contribution is 5.66. The lowest BCUT2D eigenvalue weighted by Crippen LogP contribution is -1.92. The summed E-state index contributed by atoms with van der Waals surface area (Å²) in [5, 5.41) is 8.43. The number of carbonyl (C=O) groups is 1. The summed E-state index contributed by atoms with van der Waals surface area (Å²) in [6, 6.07) is 0. The van der Waals surface area contributed by atoms with E-state index in [1.54, 1.807) is 12.2 Å². The van der Waals surface area contributed by atoms with Crippen LogP contribution in [0, 0.1) is 0 Å². The van der Waals surface area contributed by atoms with Crippen LogP contribution in [0.5, 0.6) is 0 Å². The molecule has 0 aliphatic heterocycles. The van der Waals surface area contributed by atoms with Crippen molar-refractivity contribution >= 4 is 5.97 Å². The number of hydrogen-bond donors (Lipinski definition) is 1. The van der Waals surface area contributed by atoms with Crippen molar-refractivity contribution in [2.75, 3.05) is 13.2 Å². The fraction of sp³-hybridized carbons (Fsp3) is 0.647. The van der Waals surface area contributed by atoms with Gasteiger partial charge in [0.1, 0.15) is 0 Å². The smallest absolute Gasteiger partial charge is 0.303 e. The quantitative estimate of drug-likeness (QED) is 0.307. The molecule has 0 saturated carbocycles. The number of rotatable bonds is 13. The molecule has 0 unspecified atom stereocenters. The minimum Gasteiger partial charge on any atom is -0.481 e. The lowest BCUT2D eigenvalue weighted by atomic mass is 10.1. The summed E-state index contributed by atoms with van der Waals surface area (Å²) in [6.45, 7) is 3.48. The van der Waals surface area contributed by atoms with Gasteiger partial charge in [0.2, 0.25) is 0 Å². The Morgan fingerprint density at radius 3 is 2.65 bits per heavy atom. The maximum atomic E-state index is 10.2. The van der Waals surface area contributed by atoms with E-state index in [-0.39, 0.29) is 6.42 Å². The number of carboxylic acids is 1. The van der Waals surface area contributed by atoms with Gasteiger partial charge in [-0.05, 0) is 37.8 Å². The van der Waals surface area contributed by atoms with Gasteiger partial charge in [0.05, 0.1) is 13.2 Å². The molecule has 1 N–H and O–H groups in total. The summed E-state index contributed by atoms with van der Waals surface area (Å²) < 4.78 is 5.40. The molecular formula is C17H28O3. The largest absolute Gasteiger partial charge is 0.481 e. The summed E-state index contributed by atoms with van der Waals surface area (Å²) in [7, 11) is 0. The first kappa shape index (κ1) is 18.7. The third-order valence-electron chi connectivity index (χ3n) is 2.76. The van der Waals surface area contributed by atoms with Gasteiger partial charge in [0.15, 0.2) is 0 Å². The lowest BCUT2D eigenvalue weighted by Gasteiger charge is -1.96. The van der Waals surface area contributed by atoms with E-state index in [1.807, 2.05) is 0 Å². The molecular weight excluding hydrogens is 252 g/mol. The van der Waals surface area contributed by atoms with Crippen molar-refractivity contribution in [3.8, 4) is 0 Å². The minimum absolute atomic E-state index is 0.157. The molecule has 0 aromatic carbocycles. The number of allylic oxidation sites excluding steroid dienone is 1. The molecule has 0 radical (unpaired) electrons. The van der Waals surface area contributed by atoms with Gasteiger partial charge in [0.25, 0.3) is 0 Å². The molecule has 0 rings (SSSR count). The molecule has 0 heterocycles. The molecule has 0 aliphatic rings. The summed E-state index contributed by atoms with van der Waals surface area (Å²) in [5.41, 5.74) is 2.92. The van der Waals surface area contributed by atoms with Gasteiger partial charge in [-0.25, -0.2) is 0 Å². The van der Waals surface area contributed by atoms with Gasteiger partial charge >= 0.3 is 5.97 Å². The van der Waals surface area contributed by atoms with Crippen molar-refractivity contribution in [3.63, 3.8) is 0 Å². The Kier molecular flexibility index (Phi) is 14.7. The van der Waals surface area contributed by atoms with Gasteiger partial charge in [-0.2, -0.15) is 0 Å². The number of ether oxygens (including phenoxy) is 1. The Morgan fingerprint density at radius 2 is 1.90 bits per heavy atom. The molecule has 3 heteroatoms. The fourth-order valence-corrected chi connectivity index (χ4v) is 1.63. The average Bonchev–Trinajstić information content (AvgIpc) is 2.43. The maximum absolute atomic E-state index is 10.2. The van der Waals surface area contributed by atoms with E-state index in [2.05, 4.69) is 24.8 Å². The topological polar surface area (TPSA) is 46.5 Å². The van der Waals surface area contributed by atoms with E-state index in [1.165, 1.54) is 32.1 Å². The van der Waals surface area contributed by atoms with E-state index in [0.29, 0.717) is 13.0 Å². The van der Waals surface area contributed by atoms with Gasteiger partial charge < -0.3 is 9.84 Å². The van der Waals surface area contributed by atoms with E-state index in [4.69, 9.17) is 9.84 Å². The number of carboxylic acid groups (broad SMARTS) is 1. The van der Waals surface area contributed by atoms with Crippen LogP contribution in [0.1, 0.15) is 58.3 Å². The van der Waals surface area contributed by atoms with Crippen LogP contribution in [0.2, 0.25) is 0 Å². The molecule has 0 bridgehead atoms. The Hall–Kier alpha value is -1.31. The third kappa shape index (κ3) is 16.7. The van der Waals surface area contributed by atoms with E-state index in [9.17, 15) is 4.79 Å². The number of unbranched alkanes of at least 4 members (excludes halogenated alkanes) is 4. The Morgan fingerprint density at radius 1 is 1.10 bits per heavy atom. The summed E-state index contributed by atoms with van der Waals surface area (Å²) >= 11 is 0. The molecule has 0 amide bonds. The van der Waals surface area contributed by atoms with Crippen LogP contribution in [0.25, 0.3) is 0 Å². The SMILES string of the molecule is CCCCCC/C=C\CCOCC=C=CCCC(=O)O. The first-order chi connectivity index (χ1) is 9.77. The maximum Gasteiger partial charge on any atom is 0.303 e. The second kappa shape index (κ2) is 15.7. The second-order valence-corrected chi connectivity index (χ2v) is 4.69. The normalized spacial score (nSPS) is 10.4. The van der Waals surface area contributed by atoms with Crippen LogP contribution in [0.4, 0.5) is 0 Å². The van der Waals surface area contributed by atoms with Crippen LogP contribution >= 0.6 is 0 Å². The summed E-state index contributed by atoms with van der Waals surface area (Å²) in [4.78, 5) is 10.2. The van der Waals surface area contributed by atoms with Gasteiger partial charge in [-0.15, -0.1) is 5.73 Å². The molecule has 114 valence electrons. The molecule has 3 nitrogen and oxygen atoms in total. The Balaban J connectivity index is 3.29. The van der Waals surface area contributed by atoms with Crippen LogP contribution < -0.4 is 0 Å². The zero-order valence-electron chi connectivity index (χ0n) is 12.6. The Labute approximate surface area is 123 Å². The zero-order chi connectivity index (χ0) is 14.9. The monoisotopic (exact) mass is 280 g/mol. The molecule has 0 fully saturated rings. The molecule has 0 atom stereocenters. The highest BCUT2D eigenvalue weighted by Crippen LogP contribution is 2.03. The standard InChI is InChI=1S/C17H28O3/c1-2-3-4-5-6-7-9-12-15-20-16-13-10-8-11-14-17(18)19/h7-9,13H,2-6,11-12,14-16H2,1H3,(H,18,19)/b9-7-. The van der Waals surface area contributed by atoms with Gasteiger partial charge in [-0.3, -0.25) is 4.79 Å². The van der Waals surface area contributed by atoms with Crippen LogP contribution in [-0.2, 0) is 9.53 Å². The Bertz CT molecular complexity index is 312. The van der Waals surface area contributed by atoms with Crippen molar-refractivity contribution in [2.45, 2.75) is 58.3 Å². The fourth-order valence-electron chi connectivity index (χ4n) is 1.63. The molecule has 0 saturated heterocycles. The predicted octanol–water partition coefficient (Wildman–Crippen LogP) is 4.50. The highest BCUT2D eigenvalue weighted by Gasteiger charge is 1.90. The van der Waals surface area contributed by atoms with E-state index in [0.717, 1.165) is 13.0 Å². The summed E-state index contributed by atoms with van der Waals surface area (Å²) in [6.07, 6.45) is 16.0. The molecule has 0 aromatic rings. The van der Waals surface area contributed by atoms with E-state index < -0.39 is 5.97 Å². The van der Waals surface area contributed by atoms with Crippen molar-refractivity contribution in [1.29, 1.82) is 0 Å². The van der Waals surface area contributed by atoms with Crippen molar-refractivity contribution < 1.29 is 14.6 Å². The van der Waals surface area contributed by atoms with Crippen LogP contribution in [-0.4, -0.2) is 24.3 Å². The van der Waals surface area contributed by atoms with E-state index >= 15 is 0 Å². The molecule has 20 heavy (non-hydrogen) atoms. The molecule has 0 aromatic heterocycles. The second-order valence-electron chi connectivity index (χ2n) is 4.69. The highest BCUT2D eigenvalue weighted by atomic mass is 16.5. The molecule has 0 aliphatic carbocycles. The van der Waals surface area contributed by atoms with Gasteiger partial charge in [0, 0.05) is 6.42 Å². The van der Waals surface area contributed by atoms with Crippen molar-refractivity contribution in [3.05, 3.63) is 30.0 Å². The van der Waals surface area contributed by atoms with Gasteiger partial charge in [-0.1, -0.05) is 38.3 Å². The number of aliphatic carboxylic acids is 1. The first-order valence-electron chi connectivity index (χ1n) is 7.61. The third-order valence-corrected chi connectivity index (χ3v) is 2.76. The van der Waals surface area contributed by atoms with Crippen LogP contribution in [0.15, 0.2) is 30.0 Å². The lowest BCUT2D eigenvalue weighted by molar-refractivity contribution is -0.136. The minimum atomic E-state index is -0.777. The first-order valence-corrected chi connectivity index (χ1v) is 7.61. The zero-order valence-corrected chi connectivity index (χ0v) is 12.6. The van der Waals surface area contributed by atoms with Crippen molar-refractivity contribution in [1.82, 2.24) is 0 Å². The average molecular weight is 280 g/mol. The number of hydrogen-bond acceptors (Lipinski definition) is 2. The van der Waals surface area contributed by atoms with Crippen LogP contribution in [0.3, 0.4) is 0 Å². The predicted molar refractivity (Wildman–Crippen MR) is 82.9 cm³/mol.